The van der Waals surface area contributed by atoms with Gasteiger partial charge < -0.3 is 9.79 Å². The van der Waals surface area contributed by atoms with Gasteiger partial charge in [-0.25, -0.2) is 0 Å². The number of hydrogen-bond acceptors (Lipinski definition) is 2. The van der Waals surface area contributed by atoms with Crippen molar-refractivity contribution in [1.82, 2.24) is 5.32 Å². The van der Waals surface area contributed by atoms with E-state index in [-0.39, 0.29) is 0 Å². The molecule has 0 aliphatic carbocycles. The standard InChI is InChI=1S/C9H12NO3P/c11-14(12,13)9-5-7-3-1-2-4-8(7)6-10-9/h1-4,9-10H,5-6H2,(H2,11,12,13). The second-order valence-corrected chi connectivity index (χ2v) is 5.26. The Kier molecular flexibility index (Phi) is 2.45. The highest BCUT2D eigenvalue weighted by Gasteiger charge is 2.31. The molecule has 5 heteroatoms. The zero-order valence-corrected chi connectivity index (χ0v) is 8.45. The molecule has 0 radical (unpaired) electrons. The summed E-state index contributed by atoms with van der Waals surface area (Å²) in [6, 6.07) is 7.70. The van der Waals surface area contributed by atoms with Crippen LogP contribution in [0, 0.1) is 0 Å². The van der Waals surface area contributed by atoms with Gasteiger partial charge in [-0.2, -0.15) is 0 Å². The van der Waals surface area contributed by atoms with E-state index in [0.717, 1.165) is 11.1 Å². The van der Waals surface area contributed by atoms with Gasteiger partial charge in [-0.15, -0.1) is 0 Å². The molecule has 0 bridgehead atoms. The van der Waals surface area contributed by atoms with Crippen LogP contribution in [0.4, 0.5) is 0 Å². The first-order valence-electron chi connectivity index (χ1n) is 4.43. The largest absolute Gasteiger partial charge is 0.342 e. The minimum absolute atomic E-state index is 0.403. The first-order valence-corrected chi connectivity index (χ1v) is 6.11. The molecule has 76 valence electrons. The summed E-state index contributed by atoms with van der Waals surface area (Å²) >= 11 is 0. The Morgan fingerprint density at radius 3 is 2.57 bits per heavy atom. The van der Waals surface area contributed by atoms with Crippen LogP contribution in [-0.2, 0) is 17.5 Å². The van der Waals surface area contributed by atoms with E-state index in [1.807, 2.05) is 24.3 Å². The van der Waals surface area contributed by atoms with Gasteiger partial charge in [0.25, 0.3) is 0 Å². The fourth-order valence-electron chi connectivity index (χ4n) is 1.68. The van der Waals surface area contributed by atoms with Crippen molar-refractivity contribution in [2.24, 2.45) is 0 Å². The van der Waals surface area contributed by atoms with Gasteiger partial charge in [0, 0.05) is 6.54 Å². The van der Waals surface area contributed by atoms with Crippen LogP contribution in [0.3, 0.4) is 0 Å². The van der Waals surface area contributed by atoms with Gasteiger partial charge in [0.2, 0.25) is 0 Å². The Balaban J connectivity index is 2.26. The number of hydrogen-bond donors (Lipinski definition) is 3. The van der Waals surface area contributed by atoms with Crippen molar-refractivity contribution in [1.29, 1.82) is 0 Å². The lowest BCUT2D eigenvalue weighted by Crippen LogP contribution is -2.35. The Labute approximate surface area is 82.1 Å². The van der Waals surface area contributed by atoms with Crippen LogP contribution in [0.1, 0.15) is 11.1 Å². The molecule has 2 rings (SSSR count). The van der Waals surface area contributed by atoms with Crippen molar-refractivity contribution in [3.05, 3.63) is 35.4 Å². The minimum Gasteiger partial charge on any atom is -0.323 e. The molecule has 1 aliphatic rings. The van der Waals surface area contributed by atoms with Crippen molar-refractivity contribution >= 4 is 7.60 Å². The molecule has 1 unspecified atom stereocenters. The normalized spacial score (nSPS) is 21.7. The average molecular weight is 213 g/mol. The molecule has 0 saturated heterocycles. The fourth-order valence-corrected chi connectivity index (χ4v) is 2.44. The maximum Gasteiger partial charge on any atom is 0.342 e. The zero-order chi connectivity index (χ0) is 10.2. The maximum absolute atomic E-state index is 11.0. The van der Waals surface area contributed by atoms with Crippen LogP contribution in [0.5, 0.6) is 0 Å². The first-order chi connectivity index (χ1) is 6.57. The third kappa shape index (κ3) is 1.88. The van der Waals surface area contributed by atoms with Gasteiger partial charge in [0.05, 0.1) is 0 Å². The SMILES string of the molecule is O=P(O)(O)C1Cc2ccccc2CN1. The molecule has 1 aromatic carbocycles. The van der Waals surface area contributed by atoms with E-state index < -0.39 is 13.4 Å². The van der Waals surface area contributed by atoms with Crippen molar-refractivity contribution in [3.63, 3.8) is 0 Å². The summed E-state index contributed by atoms with van der Waals surface area (Å²) in [6.45, 7) is 0.534. The highest BCUT2D eigenvalue weighted by atomic mass is 31.2. The summed E-state index contributed by atoms with van der Waals surface area (Å²) in [5, 5.41) is 2.85. The Hall–Kier alpha value is -0.670. The molecule has 1 aliphatic heterocycles. The molecule has 1 aromatic rings. The van der Waals surface area contributed by atoms with E-state index in [1.165, 1.54) is 0 Å². The molecule has 1 heterocycles. The lowest BCUT2D eigenvalue weighted by atomic mass is 10.0. The molecule has 0 amide bonds. The highest BCUT2D eigenvalue weighted by Crippen LogP contribution is 2.42. The second-order valence-electron chi connectivity index (χ2n) is 3.46. The number of benzene rings is 1. The lowest BCUT2D eigenvalue weighted by molar-refractivity contribution is 0.341. The van der Waals surface area contributed by atoms with Crippen LogP contribution >= 0.6 is 7.60 Å². The fraction of sp³-hybridized carbons (Fsp3) is 0.333. The summed E-state index contributed by atoms with van der Waals surface area (Å²) in [4.78, 5) is 18.0. The predicted molar refractivity (Wildman–Crippen MR) is 52.8 cm³/mol. The van der Waals surface area contributed by atoms with Crippen molar-refractivity contribution in [2.45, 2.75) is 18.7 Å². The van der Waals surface area contributed by atoms with Gasteiger partial charge in [-0.3, -0.25) is 9.88 Å². The molecule has 0 aromatic heterocycles. The van der Waals surface area contributed by atoms with E-state index >= 15 is 0 Å². The topological polar surface area (TPSA) is 69.6 Å². The van der Waals surface area contributed by atoms with Crippen molar-refractivity contribution in [2.75, 3.05) is 0 Å². The third-order valence-corrected chi connectivity index (χ3v) is 3.64. The van der Waals surface area contributed by atoms with Crippen LogP contribution in [-0.4, -0.2) is 15.6 Å². The predicted octanol–water partition coefficient (Wildman–Crippen LogP) is 0.836. The molecule has 0 spiro atoms. The molecule has 4 nitrogen and oxygen atoms in total. The molecule has 0 saturated carbocycles. The van der Waals surface area contributed by atoms with Crippen molar-refractivity contribution in [3.8, 4) is 0 Å². The monoisotopic (exact) mass is 213 g/mol. The lowest BCUT2D eigenvalue weighted by Gasteiger charge is -2.26. The van der Waals surface area contributed by atoms with E-state index in [9.17, 15) is 4.57 Å². The molecule has 1 atom stereocenters. The quantitative estimate of drug-likeness (QED) is 0.604. The number of rotatable bonds is 1. The van der Waals surface area contributed by atoms with Crippen LogP contribution < -0.4 is 5.32 Å². The Morgan fingerprint density at radius 1 is 1.29 bits per heavy atom. The number of fused-ring (bicyclic) bond motifs is 1. The second kappa shape index (κ2) is 3.48. The van der Waals surface area contributed by atoms with E-state index in [1.54, 1.807) is 0 Å². The zero-order valence-electron chi connectivity index (χ0n) is 7.55. The van der Waals surface area contributed by atoms with Gasteiger partial charge in [0.1, 0.15) is 5.78 Å². The Bertz CT molecular complexity index is 387. The van der Waals surface area contributed by atoms with Crippen LogP contribution in [0.15, 0.2) is 24.3 Å². The smallest absolute Gasteiger partial charge is 0.323 e. The minimum atomic E-state index is -4.01. The summed E-state index contributed by atoms with van der Waals surface area (Å²) in [5.74, 6) is -0.725. The third-order valence-electron chi connectivity index (χ3n) is 2.47. The van der Waals surface area contributed by atoms with Gasteiger partial charge in [0.15, 0.2) is 0 Å². The van der Waals surface area contributed by atoms with Crippen LogP contribution in [0.25, 0.3) is 0 Å². The van der Waals surface area contributed by atoms with E-state index in [4.69, 9.17) is 9.79 Å². The number of nitrogens with one attached hydrogen (secondary N) is 1. The van der Waals surface area contributed by atoms with Crippen molar-refractivity contribution < 1.29 is 14.4 Å². The molecule has 0 fully saturated rings. The van der Waals surface area contributed by atoms with Gasteiger partial charge in [-0.05, 0) is 17.5 Å². The van der Waals surface area contributed by atoms with E-state index in [0.29, 0.717) is 13.0 Å². The summed E-state index contributed by atoms with van der Waals surface area (Å²) in [6.07, 6.45) is 0.403. The van der Waals surface area contributed by atoms with Gasteiger partial charge >= 0.3 is 7.60 Å². The van der Waals surface area contributed by atoms with Crippen LogP contribution in [0.2, 0.25) is 0 Å². The summed E-state index contributed by atoms with van der Waals surface area (Å²) < 4.78 is 11.0. The molecule has 14 heavy (non-hydrogen) atoms. The average Bonchev–Trinajstić information content (AvgIpc) is 2.16. The summed E-state index contributed by atoms with van der Waals surface area (Å²) in [7, 11) is -4.01. The first kappa shape index (κ1) is 9.87. The molecular formula is C9H12NO3P. The van der Waals surface area contributed by atoms with Gasteiger partial charge in [-0.1, -0.05) is 24.3 Å². The highest BCUT2D eigenvalue weighted by molar-refractivity contribution is 7.52. The molecule has 3 N–H and O–H groups in total. The van der Waals surface area contributed by atoms with E-state index in [2.05, 4.69) is 5.32 Å². The maximum atomic E-state index is 11.0. The Morgan fingerprint density at radius 2 is 1.93 bits per heavy atom. The summed E-state index contributed by atoms with van der Waals surface area (Å²) in [5.41, 5.74) is 2.15. The molecular weight excluding hydrogens is 201 g/mol.